The molecule has 0 spiro atoms. The Labute approximate surface area is 581 Å². The third-order valence-electron chi connectivity index (χ3n) is 18.1. The molecule has 17 nitrogen and oxygen atoms in total. The molecule has 0 aliphatic rings. The fourth-order valence-electron chi connectivity index (χ4n) is 11.6. The summed E-state index contributed by atoms with van der Waals surface area (Å²) >= 11 is 0. The van der Waals surface area contributed by atoms with E-state index in [2.05, 4.69) is 41.5 Å². The highest BCUT2D eigenvalue weighted by molar-refractivity contribution is 7.47. The van der Waals surface area contributed by atoms with E-state index in [4.69, 9.17) is 37.0 Å². The molecule has 0 aliphatic carbocycles. The number of aliphatic hydroxyl groups is 1. The minimum atomic E-state index is -4.96. The number of phosphoric ester groups is 2. The van der Waals surface area contributed by atoms with Crippen molar-refractivity contribution in [2.45, 2.75) is 413 Å². The van der Waals surface area contributed by atoms with Crippen LogP contribution < -0.4 is 0 Å². The van der Waals surface area contributed by atoms with Crippen molar-refractivity contribution in [2.75, 3.05) is 39.6 Å². The van der Waals surface area contributed by atoms with Gasteiger partial charge in [-0.2, -0.15) is 0 Å². The highest BCUT2D eigenvalue weighted by atomic mass is 31.2. The molecule has 3 unspecified atom stereocenters. The molecular weight excluding hydrogens is 1250 g/mol. The first-order valence-electron chi connectivity index (χ1n) is 39.5. The number of aliphatic hydroxyl groups excluding tert-OH is 1. The normalized spacial score (nSPS) is 14.3. The number of hydrogen-bond donors (Lipinski definition) is 3. The summed E-state index contributed by atoms with van der Waals surface area (Å²) in [5.41, 5.74) is 0. The second kappa shape index (κ2) is 67.9. The Kier molecular flexibility index (Phi) is 66.5. The van der Waals surface area contributed by atoms with E-state index in [0.29, 0.717) is 25.7 Å². The second-order valence-electron chi connectivity index (χ2n) is 28.1. The molecule has 95 heavy (non-hydrogen) atoms. The van der Waals surface area contributed by atoms with E-state index in [9.17, 15) is 43.2 Å². The number of ether oxygens (including phenoxy) is 4. The van der Waals surface area contributed by atoms with Crippen LogP contribution in [-0.4, -0.2) is 96.7 Å². The van der Waals surface area contributed by atoms with Gasteiger partial charge in [-0.15, -0.1) is 0 Å². The van der Waals surface area contributed by atoms with Gasteiger partial charge in [0.25, 0.3) is 0 Å². The van der Waals surface area contributed by atoms with Crippen LogP contribution in [0.4, 0.5) is 0 Å². The Morgan fingerprint density at radius 3 is 0.800 bits per heavy atom. The van der Waals surface area contributed by atoms with Crippen molar-refractivity contribution in [3.8, 4) is 0 Å². The highest BCUT2D eigenvalue weighted by Crippen LogP contribution is 2.45. The zero-order valence-electron chi connectivity index (χ0n) is 62.0. The third-order valence-corrected chi connectivity index (χ3v) is 20.0. The molecule has 0 aromatic rings. The van der Waals surface area contributed by atoms with Crippen LogP contribution in [0, 0.1) is 11.8 Å². The lowest BCUT2D eigenvalue weighted by atomic mass is 9.99. The summed E-state index contributed by atoms with van der Waals surface area (Å²) in [4.78, 5) is 72.8. The van der Waals surface area contributed by atoms with Gasteiger partial charge in [-0.3, -0.25) is 37.3 Å². The van der Waals surface area contributed by atoms with Crippen LogP contribution in [0.25, 0.3) is 0 Å². The van der Waals surface area contributed by atoms with Crippen molar-refractivity contribution in [3.05, 3.63) is 0 Å². The first-order valence-corrected chi connectivity index (χ1v) is 42.5. The first kappa shape index (κ1) is 93.1. The van der Waals surface area contributed by atoms with Crippen LogP contribution in [0.15, 0.2) is 0 Å². The molecule has 3 N–H and O–H groups in total. The zero-order chi connectivity index (χ0) is 70.0. The Morgan fingerprint density at radius 2 is 0.537 bits per heavy atom. The molecule has 0 fully saturated rings. The number of esters is 4. The average Bonchev–Trinajstić information content (AvgIpc) is 3.72. The predicted molar refractivity (Wildman–Crippen MR) is 386 cm³/mol. The van der Waals surface area contributed by atoms with E-state index in [0.717, 1.165) is 102 Å². The van der Waals surface area contributed by atoms with Gasteiger partial charge in [0.1, 0.15) is 19.3 Å². The lowest BCUT2D eigenvalue weighted by Crippen LogP contribution is -2.30. The molecule has 0 aliphatic heterocycles. The van der Waals surface area contributed by atoms with Gasteiger partial charge >= 0.3 is 39.5 Å². The second-order valence-corrected chi connectivity index (χ2v) is 31.0. The topological polar surface area (TPSA) is 237 Å². The summed E-state index contributed by atoms with van der Waals surface area (Å²) < 4.78 is 68.5. The number of hydrogen-bond acceptors (Lipinski definition) is 15. The van der Waals surface area contributed by atoms with Crippen molar-refractivity contribution in [1.29, 1.82) is 0 Å². The fourth-order valence-corrected chi connectivity index (χ4v) is 13.2. The van der Waals surface area contributed by atoms with Gasteiger partial charge < -0.3 is 33.8 Å². The quantitative estimate of drug-likeness (QED) is 0.0222. The summed E-state index contributed by atoms with van der Waals surface area (Å²) in [6.07, 6.45) is 55.4. The highest BCUT2D eigenvalue weighted by Gasteiger charge is 2.30. The minimum absolute atomic E-state index is 0.105. The summed E-state index contributed by atoms with van der Waals surface area (Å²) in [6, 6.07) is 0. The molecule has 0 radical (unpaired) electrons. The third kappa shape index (κ3) is 69.0. The molecule has 0 bridgehead atoms. The zero-order valence-corrected chi connectivity index (χ0v) is 63.8. The van der Waals surface area contributed by atoms with Gasteiger partial charge in [0, 0.05) is 25.7 Å². The molecule has 0 heterocycles. The van der Waals surface area contributed by atoms with E-state index in [1.807, 2.05) is 0 Å². The summed E-state index contributed by atoms with van der Waals surface area (Å²) in [6.45, 7) is 9.60. The maximum atomic E-state index is 13.1. The van der Waals surface area contributed by atoms with Crippen LogP contribution in [0.2, 0.25) is 0 Å². The van der Waals surface area contributed by atoms with E-state index in [1.165, 1.54) is 212 Å². The minimum Gasteiger partial charge on any atom is -0.462 e. The van der Waals surface area contributed by atoms with E-state index < -0.39 is 97.5 Å². The van der Waals surface area contributed by atoms with Crippen molar-refractivity contribution in [1.82, 2.24) is 0 Å². The average molecular weight is 1400 g/mol. The van der Waals surface area contributed by atoms with E-state index >= 15 is 0 Å². The molecule has 0 rings (SSSR count). The fraction of sp³-hybridized carbons (Fsp3) is 0.947. The number of phosphoric acid groups is 2. The molecular formula is C76H148O17P2. The number of unbranched alkanes of at least 4 members (excludes halogenated alkanes) is 44. The Morgan fingerprint density at radius 1 is 0.305 bits per heavy atom. The summed E-state index contributed by atoms with van der Waals surface area (Å²) in [5, 5.41) is 10.6. The molecule has 0 saturated carbocycles. The predicted octanol–water partition coefficient (Wildman–Crippen LogP) is 22.3. The van der Waals surface area contributed by atoms with Crippen LogP contribution in [0.5, 0.6) is 0 Å². The lowest BCUT2D eigenvalue weighted by molar-refractivity contribution is -0.161. The molecule has 0 aromatic heterocycles. The lowest BCUT2D eigenvalue weighted by Gasteiger charge is -2.21. The van der Waals surface area contributed by atoms with Crippen molar-refractivity contribution in [2.24, 2.45) is 11.8 Å². The van der Waals surface area contributed by atoms with Crippen LogP contribution in [-0.2, 0) is 65.4 Å². The number of carbonyl (C=O) groups excluding carboxylic acids is 4. The first-order chi connectivity index (χ1) is 45.9. The van der Waals surface area contributed by atoms with Crippen molar-refractivity contribution in [3.63, 3.8) is 0 Å². The van der Waals surface area contributed by atoms with E-state index in [1.54, 1.807) is 0 Å². The van der Waals surface area contributed by atoms with Crippen LogP contribution in [0.3, 0.4) is 0 Å². The van der Waals surface area contributed by atoms with E-state index in [-0.39, 0.29) is 25.7 Å². The molecule has 0 aromatic carbocycles. The van der Waals surface area contributed by atoms with Gasteiger partial charge in [-0.05, 0) is 37.5 Å². The molecule has 0 amide bonds. The molecule has 19 heteroatoms. The van der Waals surface area contributed by atoms with Crippen molar-refractivity contribution >= 4 is 39.5 Å². The van der Waals surface area contributed by atoms with Crippen molar-refractivity contribution < 1.29 is 80.2 Å². The van der Waals surface area contributed by atoms with Crippen LogP contribution >= 0.6 is 15.6 Å². The maximum absolute atomic E-state index is 13.1. The Hall–Kier alpha value is -1.94. The van der Waals surface area contributed by atoms with Gasteiger partial charge in [0.05, 0.1) is 26.4 Å². The standard InChI is InChI=1S/C76H148O17P2/c1-7-10-12-14-16-18-20-21-22-23-27-30-34-41-47-53-59-74(79)87-64-71(92-75(80)60-54-48-42-35-31-28-25-24-26-29-32-39-45-51-57-69(6)9-3)66-90-94(82,83)88-62-70(77)63-89-95(84,85)91-67-72(65-86-73(78)58-52-46-40-33-19-17-15-13-11-8-2)93-76(81)61-55-49-43-37-36-38-44-50-56-68(4)5/h68-72,77H,7-67H2,1-6H3,(H,82,83)(H,84,85)/t69?,70-,71-,72-/m1/s1. The molecule has 564 valence electrons. The smallest absolute Gasteiger partial charge is 0.462 e. The monoisotopic (exact) mass is 1400 g/mol. The largest absolute Gasteiger partial charge is 0.472 e. The summed E-state index contributed by atoms with van der Waals surface area (Å²) in [7, 11) is -9.91. The van der Waals surface area contributed by atoms with Gasteiger partial charge in [-0.25, -0.2) is 9.13 Å². The SMILES string of the molecule is CCCCCCCCCCCCCCCCCCC(=O)OC[C@H](COP(=O)(O)OC[C@@H](O)COP(=O)(O)OC[C@@H](COC(=O)CCCCCCCCCCCC)OC(=O)CCCCCCCCCCC(C)C)OC(=O)CCCCCCCCCCCCCCCCC(C)CC. The number of carbonyl (C=O) groups is 4. The summed E-state index contributed by atoms with van der Waals surface area (Å²) in [5.74, 6) is -0.552. The Balaban J connectivity index is 5.23. The molecule has 0 saturated heterocycles. The van der Waals surface area contributed by atoms with Gasteiger partial charge in [0.2, 0.25) is 0 Å². The maximum Gasteiger partial charge on any atom is 0.472 e. The number of rotatable bonds is 75. The molecule has 6 atom stereocenters. The van der Waals surface area contributed by atoms with Gasteiger partial charge in [0.15, 0.2) is 12.2 Å². The van der Waals surface area contributed by atoms with Gasteiger partial charge in [-0.1, -0.05) is 343 Å². The Bertz CT molecular complexity index is 1840. The van der Waals surface area contributed by atoms with Crippen LogP contribution in [0.1, 0.15) is 395 Å².